The number of rotatable bonds is 4. The highest BCUT2D eigenvalue weighted by atomic mass is 16.3. The van der Waals surface area contributed by atoms with Gasteiger partial charge in [0, 0.05) is 30.2 Å². The van der Waals surface area contributed by atoms with Gasteiger partial charge < -0.3 is 5.11 Å². The second-order valence-electron chi connectivity index (χ2n) is 7.39. The van der Waals surface area contributed by atoms with Crippen LogP contribution < -0.4 is 0 Å². The van der Waals surface area contributed by atoms with E-state index < -0.39 is 11.5 Å². The van der Waals surface area contributed by atoms with Crippen molar-refractivity contribution in [1.82, 2.24) is 9.97 Å². The van der Waals surface area contributed by atoms with Gasteiger partial charge in [0.1, 0.15) is 0 Å². The summed E-state index contributed by atoms with van der Waals surface area (Å²) in [5, 5.41) is 13.9. The molecule has 0 saturated carbocycles. The molecule has 5 rings (SSSR count). The molecule has 1 atom stereocenters. The highest BCUT2D eigenvalue weighted by Crippen LogP contribution is 2.52. The van der Waals surface area contributed by atoms with Gasteiger partial charge in [-0.1, -0.05) is 48.5 Å². The molecule has 2 heterocycles. The zero-order valence-electron chi connectivity index (χ0n) is 14.9. The van der Waals surface area contributed by atoms with Crippen molar-refractivity contribution in [3.05, 3.63) is 108 Å². The van der Waals surface area contributed by atoms with Crippen molar-refractivity contribution in [1.29, 1.82) is 0 Å². The van der Waals surface area contributed by atoms with Crippen LogP contribution in [0.25, 0.3) is 10.8 Å². The van der Waals surface area contributed by atoms with Crippen molar-refractivity contribution in [3.63, 3.8) is 0 Å². The van der Waals surface area contributed by atoms with Crippen LogP contribution in [0.3, 0.4) is 0 Å². The number of aliphatic hydroxyl groups is 1. The van der Waals surface area contributed by atoms with Gasteiger partial charge in [-0.3, -0.25) is 9.97 Å². The summed E-state index contributed by atoms with van der Waals surface area (Å²) in [5.41, 5.74) is 4.07. The van der Waals surface area contributed by atoms with Gasteiger partial charge in [0.25, 0.3) is 0 Å². The first-order valence-corrected chi connectivity index (χ1v) is 9.26. The average Bonchev–Trinajstić information content (AvgIpc) is 2.95. The minimum atomic E-state index is -0.570. The van der Waals surface area contributed by atoms with Gasteiger partial charge in [-0.05, 0) is 58.0 Å². The fraction of sp³-hybridized carbons (Fsp3) is 0.167. The Balaban J connectivity index is 1.72. The molecule has 0 bridgehead atoms. The Kier molecular flexibility index (Phi) is 3.76. The van der Waals surface area contributed by atoms with E-state index in [0.29, 0.717) is 0 Å². The van der Waals surface area contributed by atoms with E-state index >= 15 is 0 Å². The number of nitrogens with zero attached hydrogens (tertiary/aromatic N) is 2. The summed E-state index contributed by atoms with van der Waals surface area (Å²) < 4.78 is 0. The standard InChI is InChI=1S/C24H20N2O/c27-23-20-9-1-7-19-8-2-10-21(22(19)20)24(23,13-17-5-3-11-25-15-17)14-18-6-4-12-26-16-18/h1-12,15-16,23,27H,13-14H2/t23-/m0/s1. The third-order valence-electron chi connectivity index (χ3n) is 5.78. The molecule has 1 aliphatic carbocycles. The Labute approximate surface area is 158 Å². The van der Waals surface area contributed by atoms with Crippen LogP contribution in [-0.4, -0.2) is 15.1 Å². The Hall–Kier alpha value is -3.04. The van der Waals surface area contributed by atoms with Crippen LogP contribution in [0.2, 0.25) is 0 Å². The van der Waals surface area contributed by atoms with Gasteiger partial charge >= 0.3 is 0 Å². The number of benzene rings is 2. The molecule has 1 N–H and O–H groups in total. The minimum Gasteiger partial charge on any atom is -0.387 e. The van der Waals surface area contributed by atoms with Crippen LogP contribution in [-0.2, 0) is 18.3 Å². The molecule has 3 nitrogen and oxygen atoms in total. The lowest BCUT2D eigenvalue weighted by Gasteiger charge is -2.35. The number of hydrogen-bond acceptors (Lipinski definition) is 3. The molecule has 2 aromatic carbocycles. The molecular weight excluding hydrogens is 332 g/mol. The Bertz CT molecular complexity index is 1050. The summed E-state index contributed by atoms with van der Waals surface area (Å²) in [6.45, 7) is 0. The normalized spacial score (nSPS) is 17.3. The molecule has 0 aliphatic heterocycles. The fourth-order valence-corrected chi connectivity index (χ4v) is 4.64. The minimum absolute atomic E-state index is 0.435. The molecule has 0 fully saturated rings. The number of hydrogen-bond donors (Lipinski definition) is 1. The first-order chi connectivity index (χ1) is 13.3. The number of aromatic nitrogens is 2. The molecule has 0 unspecified atom stereocenters. The Morgan fingerprint density at radius 3 is 2.00 bits per heavy atom. The van der Waals surface area contributed by atoms with Crippen LogP contribution in [0, 0.1) is 0 Å². The van der Waals surface area contributed by atoms with E-state index in [1.54, 1.807) is 12.4 Å². The molecule has 4 aromatic rings. The van der Waals surface area contributed by atoms with E-state index in [0.717, 1.165) is 29.5 Å². The van der Waals surface area contributed by atoms with E-state index in [1.807, 2.05) is 30.6 Å². The van der Waals surface area contributed by atoms with Gasteiger partial charge in [0.2, 0.25) is 0 Å². The maximum absolute atomic E-state index is 11.6. The third-order valence-corrected chi connectivity index (χ3v) is 5.78. The first kappa shape index (κ1) is 16.2. The molecule has 0 radical (unpaired) electrons. The Morgan fingerprint density at radius 2 is 1.41 bits per heavy atom. The topological polar surface area (TPSA) is 46.0 Å². The highest BCUT2D eigenvalue weighted by Gasteiger charge is 2.47. The van der Waals surface area contributed by atoms with E-state index in [2.05, 4.69) is 52.4 Å². The average molecular weight is 352 g/mol. The SMILES string of the molecule is O[C@H]1c2cccc3cccc(c23)C1(Cc1cccnc1)Cc1cccnc1. The Morgan fingerprint density at radius 1 is 0.778 bits per heavy atom. The third kappa shape index (κ3) is 2.54. The molecule has 3 heteroatoms. The lowest BCUT2D eigenvalue weighted by atomic mass is 9.70. The van der Waals surface area contributed by atoms with Crippen molar-refractivity contribution in [2.24, 2.45) is 0 Å². The predicted molar refractivity (Wildman–Crippen MR) is 106 cm³/mol. The second kappa shape index (κ2) is 6.29. The van der Waals surface area contributed by atoms with Crippen molar-refractivity contribution in [2.45, 2.75) is 24.4 Å². The fourth-order valence-electron chi connectivity index (χ4n) is 4.64. The number of aliphatic hydroxyl groups excluding tert-OH is 1. The summed E-state index contributed by atoms with van der Waals surface area (Å²) in [7, 11) is 0. The summed E-state index contributed by atoms with van der Waals surface area (Å²) in [4.78, 5) is 8.59. The van der Waals surface area contributed by atoms with Gasteiger partial charge in [-0.25, -0.2) is 0 Å². The summed E-state index contributed by atoms with van der Waals surface area (Å²) in [6.07, 6.45) is 8.27. The van der Waals surface area contributed by atoms with E-state index in [4.69, 9.17) is 0 Å². The summed E-state index contributed by atoms with van der Waals surface area (Å²) in [6, 6.07) is 20.7. The molecular formula is C24H20N2O. The predicted octanol–water partition coefficient (Wildman–Crippen LogP) is 4.40. The molecule has 0 spiro atoms. The molecule has 0 amide bonds. The first-order valence-electron chi connectivity index (χ1n) is 9.26. The van der Waals surface area contributed by atoms with Gasteiger partial charge in [0.05, 0.1) is 6.10 Å². The van der Waals surface area contributed by atoms with E-state index in [-0.39, 0.29) is 0 Å². The lowest BCUT2D eigenvalue weighted by Crippen LogP contribution is -2.35. The van der Waals surface area contributed by atoms with Crippen LogP contribution in [0.15, 0.2) is 85.5 Å². The van der Waals surface area contributed by atoms with Crippen LogP contribution in [0.5, 0.6) is 0 Å². The van der Waals surface area contributed by atoms with Crippen LogP contribution in [0.1, 0.15) is 28.4 Å². The number of pyridine rings is 2. The lowest BCUT2D eigenvalue weighted by molar-refractivity contribution is 0.0871. The smallest absolute Gasteiger partial charge is 0.0899 e. The summed E-state index contributed by atoms with van der Waals surface area (Å²) >= 11 is 0. The molecule has 2 aromatic heterocycles. The molecule has 27 heavy (non-hydrogen) atoms. The van der Waals surface area contributed by atoms with Crippen LogP contribution >= 0.6 is 0 Å². The van der Waals surface area contributed by atoms with E-state index in [1.165, 1.54) is 16.3 Å². The molecule has 132 valence electrons. The van der Waals surface area contributed by atoms with Crippen molar-refractivity contribution in [3.8, 4) is 0 Å². The quantitative estimate of drug-likeness (QED) is 0.592. The monoisotopic (exact) mass is 352 g/mol. The molecule has 1 aliphatic rings. The van der Waals surface area contributed by atoms with Gasteiger partial charge in [0.15, 0.2) is 0 Å². The van der Waals surface area contributed by atoms with Crippen LogP contribution in [0.4, 0.5) is 0 Å². The van der Waals surface area contributed by atoms with Gasteiger partial charge in [-0.2, -0.15) is 0 Å². The summed E-state index contributed by atoms with van der Waals surface area (Å²) in [5.74, 6) is 0. The maximum Gasteiger partial charge on any atom is 0.0899 e. The van der Waals surface area contributed by atoms with Crippen molar-refractivity contribution >= 4 is 10.8 Å². The largest absolute Gasteiger partial charge is 0.387 e. The van der Waals surface area contributed by atoms with Gasteiger partial charge in [-0.15, -0.1) is 0 Å². The molecule has 0 saturated heterocycles. The van der Waals surface area contributed by atoms with Crippen molar-refractivity contribution in [2.75, 3.05) is 0 Å². The zero-order valence-corrected chi connectivity index (χ0v) is 14.9. The highest BCUT2D eigenvalue weighted by molar-refractivity contribution is 5.93. The maximum atomic E-state index is 11.6. The van der Waals surface area contributed by atoms with E-state index in [9.17, 15) is 5.11 Å². The van der Waals surface area contributed by atoms with Crippen molar-refractivity contribution < 1.29 is 5.11 Å². The second-order valence-corrected chi connectivity index (χ2v) is 7.39. The zero-order chi connectivity index (χ0) is 18.3.